The fourth-order valence-electron chi connectivity index (χ4n) is 2.20. The Hall–Kier alpha value is -1.10. The van der Waals surface area contributed by atoms with Gasteiger partial charge in [-0.05, 0) is 18.3 Å². The molecule has 0 radical (unpaired) electrons. The number of nitrogens with zero attached hydrogens (tertiary/aromatic N) is 3. The minimum atomic E-state index is 0.231. The monoisotopic (exact) mass is 237 g/mol. The molecule has 2 heterocycles. The molecule has 0 bridgehead atoms. The minimum absolute atomic E-state index is 0.231. The van der Waals surface area contributed by atoms with E-state index in [2.05, 4.69) is 40.9 Å². The van der Waals surface area contributed by atoms with Crippen molar-refractivity contribution in [1.82, 2.24) is 15.2 Å². The molecule has 1 aliphatic heterocycles. The van der Waals surface area contributed by atoms with Gasteiger partial charge in [-0.3, -0.25) is 5.10 Å². The molecule has 1 aromatic rings. The standard InChI is InChI=1S/C12H23N5/c1-12(2,3)7-10-14-11(16-15-10)17-6-4-5-9(13)8-17/h9H,4-8,13H2,1-3H3,(H,14,15,16). The van der Waals surface area contributed by atoms with Crippen LogP contribution >= 0.6 is 0 Å². The van der Waals surface area contributed by atoms with Crippen molar-refractivity contribution in [3.8, 4) is 0 Å². The lowest BCUT2D eigenvalue weighted by Gasteiger charge is -2.29. The highest BCUT2D eigenvalue weighted by Crippen LogP contribution is 2.20. The van der Waals surface area contributed by atoms with E-state index in [4.69, 9.17) is 5.73 Å². The summed E-state index contributed by atoms with van der Waals surface area (Å²) in [4.78, 5) is 6.73. The summed E-state index contributed by atoms with van der Waals surface area (Å²) in [6.07, 6.45) is 3.15. The van der Waals surface area contributed by atoms with E-state index >= 15 is 0 Å². The van der Waals surface area contributed by atoms with E-state index in [1.165, 1.54) is 0 Å². The van der Waals surface area contributed by atoms with E-state index in [1.807, 2.05) is 0 Å². The number of nitrogens with two attached hydrogens (primary N) is 1. The molecule has 0 spiro atoms. The molecule has 1 saturated heterocycles. The summed E-state index contributed by atoms with van der Waals surface area (Å²) in [6.45, 7) is 8.48. The van der Waals surface area contributed by atoms with E-state index in [9.17, 15) is 0 Å². The first-order valence-electron chi connectivity index (χ1n) is 6.36. The minimum Gasteiger partial charge on any atom is -0.338 e. The average Bonchev–Trinajstić information content (AvgIpc) is 2.63. The van der Waals surface area contributed by atoms with E-state index in [-0.39, 0.29) is 11.5 Å². The molecule has 0 saturated carbocycles. The zero-order valence-corrected chi connectivity index (χ0v) is 11.0. The molecule has 1 atom stereocenters. The highest BCUT2D eigenvalue weighted by molar-refractivity contribution is 5.30. The Bertz CT molecular complexity index is 365. The van der Waals surface area contributed by atoms with Gasteiger partial charge >= 0.3 is 0 Å². The largest absolute Gasteiger partial charge is 0.338 e. The number of H-pyrrole nitrogens is 1. The first kappa shape index (κ1) is 12.4. The van der Waals surface area contributed by atoms with Gasteiger partial charge in [-0.25, -0.2) is 0 Å². The van der Waals surface area contributed by atoms with E-state index in [1.54, 1.807) is 0 Å². The predicted molar refractivity (Wildman–Crippen MR) is 69.0 cm³/mol. The van der Waals surface area contributed by atoms with Crippen LogP contribution in [0.25, 0.3) is 0 Å². The van der Waals surface area contributed by atoms with Crippen molar-refractivity contribution in [2.45, 2.75) is 46.1 Å². The van der Waals surface area contributed by atoms with Crippen LogP contribution in [-0.4, -0.2) is 34.3 Å². The first-order chi connectivity index (χ1) is 7.94. The van der Waals surface area contributed by atoms with Gasteiger partial charge in [0.15, 0.2) is 0 Å². The Balaban J connectivity index is 2.02. The lowest BCUT2D eigenvalue weighted by molar-refractivity contribution is 0.401. The van der Waals surface area contributed by atoms with Gasteiger partial charge in [-0.1, -0.05) is 20.8 Å². The molecule has 1 aliphatic rings. The third-order valence-electron chi connectivity index (χ3n) is 2.96. The molecular weight excluding hydrogens is 214 g/mol. The van der Waals surface area contributed by atoms with Gasteiger partial charge in [0.05, 0.1) is 0 Å². The highest BCUT2D eigenvalue weighted by atomic mass is 15.4. The van der Waals surface area contributed by atoms with Gasteiger partial charge in [-0.15, -0.1) is 5.10 Å². The summed E-state index contributed by atoms with van der Waals surface area (Å²) in [5.74, 6) is 1.77. The molecule has 3 N–H and O–H groups in total. The van der Waals surface area contributed by atoms with Gasteiger partial charge in [0, 0.05) is 25.6 Å². The number of nitrogens with one attached hydrogen (secondary N) is 1. The second-order valence-corrected chi connectivity index (χ2v) is 6.17. The third-order valence-corrected chi connectivity index (χ3v) is 2.96. The molecule has 0 amide bonds. The molecule has 5 nitrogen and oxygen atoms in total. The van der Waals surface area contributed by atoms with Gasteiger partial charge in [0.25, 0.3) is 0 Å². The second kappa shape index (κ2) is 4.64. The maximum absolute atomic E-state index is 5.96. The Morgan fingerprint density at radius 2 is 2.24 bits per heavy atom. The normalized spacial score (nSPS) is 21.9. The Morgan fingerprint density at radius 1 is 1.47 bits per heavy atom. The molecular formula is C12H23N5. The van der Waals surface area contributed by atoms with Gasteiger partial charge in [-0.2, -0.15) is 4.98 Å². The van der Waals surface area contributed by atoms with Crippen LogP contribution in [-0.2, 0) is 6.42 Å². The Kier molecular flexibility index (Phi) is 3.38. The summed E-state index contributed by atoms with van der Waals surface area (Å²) in [7, 11) is 0. The van der Waals surface area contributed by atoms with Crippen molar-refractivity contribution in [3.63, 3.8) is 0 Å². The van der Waals surface area contributed by atoms with Crippen LogP contribution in [0.15, 0.2) is 0 Å². The summed E-state index contributed by atoms with van der Waals surface area (Å²) in [5, 5.41) is 7.32. The maximum atomic E-state index is 5.96. The molecule has 1 fully saturated rings. The van der Waals surface area contributed by atoms with Crippen LogP contribution in [0, 0.1) is 5.41 Å². The average molecular weight is 237 g/mol. The topological polar surface area (TPSA) is 70.8 Å². The number of hydrogen-bond donors (Lipinski definition) is 2. The lowest BCUT2D eigenvalue weighted by Crippen LogP contribution is -2.43. The van der Waals surface area contributed by atoms with Crippen molar-refractivity contribution in [2.75, 3.05) is 18.0 Å². The van der Waals surface area contributed by atoms with E-state index in [0.717, 1.165) is 44.1 Å². The smallest absolute Gasteiger partial charge is 0.244 e. The van der Waals surface area contributed by atoms with Crippen molar-refractivity contribution >= 4 is 5.95 Å². The molecule has 0 aromatic carbocycles. The summed E-state index contributed by atoms with van der Waals surface area (Å²) in [5.41, 5.74) is 6.19. The van der Waals surface area contributed by atoms with E-state index < -0.39 is 0 Å². The molecule has 0 aliphatic carbocycles. The zero-order valence-electron chi connectivity index (χ0n) is 11.0. The molecule has 1 aromatic heterocycles. The Labute approximate surface area is 103 Å². The predicted octanol–water partition coefficient (Wildman–Crippen LogP) is 1.32. The number of anilines is 1. The number of piperidine rings is 1. The fourth-order valence-corrected chi connectivity index (χ4v) is 2.20. The quantitative estimate of drug-likeness (QED) is 0.814. The van der Waals surface area contributed by atoms with Crippen LogP contribution in [0.2, 0.25) is 0 Å². The van der Waals surface area contributed by atoms with Crippen LogP contribution in [0.5, 0.6) is 0 Å². The molecule has 96 valence electrons. The zero-order chi connectivity index (χ0) is 12.5. The number of hydrogen-bond acceptors (Lipinski definition) is 4. The lowest BCUT2D eigenvalue weighted by atomic mass is 9.92. The number of aromatic nitrogens is 3. The SMILES string of the molecule is CC(C)(C)Cc1nc(N2CCCC(N)C2)n[nH]1. The second-order valence-electron chi connectivity index (χ2n) is 6.17. The van der Waals surface area contributed by atoms with Gasteiger partial charge in [0.1, 0.15) is 5.82 Å². The number of rotatable bonds is 2. The van der Waals surface area contributed by atoms with Crippen molar-refractivity contribution in [3.05, 3.63) is 5.82 Å². The molecule has 5 heteroatoms. The van der Waals surface area contributed by atoms with E-state index in [0.29, 0.717) is 0 Å². The first-order valence-corrected chi connectivity index (χ1v) is 6.36. The van der Waals surface area contributed by atoms with Crippen molar-refractivity contribution < 1.29 is 0 Å². The van der Waals surface area contributed by atoms with Crippen LogP contribution in [0.1, 0.15) is 39.4 Å². The molecule has 1 unspecified atom stereocenters. The van der Waals surface area contributed by atoms with Crippen LogP contribution in [0.4, 0.5) is 5.95 Å². The van der Waals surface area contributed by atoms with Crippen molar-refractivity contribution in [2.24, 2.45) is 11.1 Å². The van der Waals surface area contributed by atoms with Crippen LogP contribution in [0.3, 0.4) is 0 Å². The summed E-state index contributed by atoms with van der Waals surface area (Å²) in [6, 6.07) is 0.258. The highest BCUT2D eigenvalue weighted by Gasteiger charge is 2.21. The third kappa shape index (κ3) is 3.43. The molecule has 2 rings (SSSR count). The number of aromatic amines is 1. The van der Waals surface area contributed by atoms with Crippen molar-refractivity contribution in [1.29, 1.82) is 0 Å². The summed E-state index contributed by atoms with van der Waals surface area (Å²) >= 11 is 0. The van der Waals surface area contributed by atoms with Gasteiger partial charge in [0.2, 0.25) is 5.95 Å². The fraction of sp³-hybridized carbons (Fsp3) is 0.833. The summed E-state index contributed by atoms with van der Waals surface area (Å²) < 4.78 is 0. The van der Waals surface area contributed by atoms with Gasteiger partial charge < -0.3 is 10.6 Å². The molecule has 17 heavy (non-hydrogen) atoms. The Morgan fingerprint density at radius 3 is 2.88 bits per heavy atom. The maximum Gasteiger partial charge on any atom is 0.244 e. The van der Waals surface area contributed by atoms with Crippen LogP contribution < -0.4 is 10.6 Å².